The van der Waals surface area contributed by atoms with E-state index in [2.05, 4.69) is 43.4 Å². The molecular formula is C30H35ClN2O2. The minimum Gasteiger partial charge on any atom is -0.354 e. The molecule has 0 aliphatic rings. The van der Waals surface area contributed by atoms with E-state index in [9.17, 15) is 9.59 Å². The van der Waals surface area contributed by atoms with Crippen LogP contribution in [0, 0.1) is 5.92 Å². The maximum absolute atomic E-state index is 13.9. The molecule has 184 valence electrons. The zero-order chi connectivity index (χ0) is 25.2. The average molecular weight is 491 g/mol. The summed E-state index contributed by atoms with van der Waals surface area (Å²) >= 11 is 6.08. The number of halogens is 1. The fourth-order valence-electron chi connectivity index (χ4n) is 4.22. The number of rotatable bonds is 11. The maximum atomic E-state index is 13.9. The number of nitrogens with one attached hydrogen (secondary N) is 1. The van der Waals surface area contributed by atoms with Gasteiger partial charge in [0.05, 0.1) is 0 Å². The van der Waals surface area contributed by atoms with Crippen molar-refractivity contribution in [1.29, 1.82) is 0 Å². The summed E-state index contributed by atoms with van der Waals surface area (Å²) in [7, 11) is 0. The largest absolute Gasteiger partial charge is 0.354 e. The molecular weight excluding hydrogens is 456 g/mol. The van der Waals surface area contributed by atoms with Crippen LogP contribution in [-0.4, -0.2) is 29.3 Å². The Balaban J connectivity index is 1.92. The summed E-state index contributed by atoms with van der Waals surface area (Å²) in [6, 6.07) is 27.1. The first-order chi connectivity index (χ1) is 16.9. The van der Waals surface area contributed by atoms with E-state index in [1.165, 1.54) is 0 Å². The highest BCUT2D eigenvalue weighted by atomic mass is 35.5. The van der Waals surface area contributed by atoms with E-state index in [1.807, 2.05) is 67.6 Å². The van der Waals surface area contributed by atoms with E-state index in [4.69, 9.17) is 11.6 Å². The van der Waals surface area contributed by atoms with Crippen molar-refractivity contribution in [1.82, 2.24) is 10.2 Å². The molecule has 35 heavy (non-hydrogen) atoms. The molecule has 0 aliphatic heterocycles. The van der Waals surface area contributed by atoms with Gasteiger partial charge in [0.25, 0.3) is 0 Å². The van der Waals surface area contributed by atoms with Gasteiger partial charge in [0.2, 0.25) is 11.8 Å². The summed E-state index contributed by atoms with van der Waals surface area (Å²) in [4.78, 5) is 28.8. The van der Waals surface area contributed by atoms with Crippen molar-refractivity contribution in [3.63, 3.8) is 0 Å². The van der Waals surface area contributed by atoms with Gasteiger partial charge in [0.1, 0.15) is 6.04 Å². The molecule has 1 N–H and O–H groups in total. The van der Waals surface area contributed by atoms with E-state index in [1.54, 1.807) is 4.90 Å². The summed E-state index contributed by atoms with van der Waals surface area (Å²) in [6.45, 7) is 6.99. The third kappa shape index (κ3) is 7.69. The lowest BCUT2D eigenvalue weighted by molar-refractivity contribution is -0.141. The third-order valence-corrected chi connectivity index (χ3v) is 6.37. The molecule has 3 rings (SSSR count). The van der Waals surface area contributed by atoms with Gasteiger partial charge in [-0.05, 0) is 41.2 Å². The van der Waals surface area contributed by atoms with E-state index < -0.39 is 6.04 Å². The van der Waals surface area contributed by atoms with E-state index >= 15 is 0 Å². The lowest BCUT2D eigenvalue weighted by Crippen LogP contribution is -2.49. The molecule has 0 radical (unpaired) electrons. The van der Waals surface area contributed by atoms with E-state index in [0.717, 1.165) is 16.7 Å². The molecule has 0 saturated heterocycles. The first-order valence-corrected chi connectivity index (χ1v) is 12.7. The zero-order valence-electron chi connectivity index (χ0n) is 20.8. The van der Waals surface area contributed by atoms with Crippen LogP contribution in [0.5, 0.6) is 0 Å². The number of carbonyl (C=O) groups excluding carboxylic acids is 2. The van der Waals surface area contributed by atoms with Gasteiger partial charge in [-0.1, -0.05) is 105 Å². The van der Waals surface area contributed by atoms with Crippen molar-refractivity contribution in [3.8, 4) is 0 Å². The minimum absolute atomic E-state index is 0.0517. The summed E-state index contributed by atoms with van der Waals surface area (Å²) in [6.07, 6.45) is 0.806. The Labute approximate surface area is 214 Å². The number of hydrogen-bond acceptors (Lipinski definition) is 2. The van der Waals surface area contributed by atoms with Crippen LogP contribution in [-0.2, 0) is 16.1 Å². The van der Waals surface area contributed by atoms with Crippen molar-refractivity contribution in [3.05, 3.63) is 107 Å². The number of amides is 2. The topological polar surface area (TPSA) is 49.4 Å². The summed E-state index contributed by atoms with van der Waals surface area (Å²) in [5.41, 5.74) is 3.10. The molecule has 3 aromatic rings. The van der Waals surface area contributed by atoms with Crippen LogP contribution in [0.25, 0.3) is 0 Å². The number of hydrogen-bond donors (Lipinski definition) is 1. The first-order valence-electron chi connectivity index (χ1n) is 12.3. The Hall–Kier alpha value is -3.11. The minimum atomic E-state index is -0.552. The van der Waals surface area contributed by atoms with E-state index in [0.29, 0.717) is 30.5 Å². The van der Waals surface area contributed by atoms with Gasteiger partial charge >= 0.3 is 0 Å². The lowest BCUT2D eigenvalue weighted by Gasteiger charge is -2.32. The van der Waals surface area contributed by atoms with Crippen molar-refractivity contribution >= 4 is 23.4 Å². The molecule has 0 aliphatic carbocycles. The second kappa shape index (κ2) is 13.1. The normalized spacial score (nSPS) is 11.9. The summed E-state index contributed by atoms with van der Waals surface area (Å²) < 4.78 is 0. The predicted octanol–water partition coefficient (Wildman–Crippen LogP) is 6.44. The fourth-order valence-corrected chi connectivity index (χ4v) is 4.35. The van der Waals surface area contributed by atoms with Gasteiger partial charge in [-0.15, -0.1) is 0 Å². The van der Waals surface area contributed by atoms with Crippen molar-refractivity contribution in [2.24, 2.45) is 5.92 Å². The van der Waals surface area contributed by atoms with Crippen LogP contribution in [0.3, 0.4) is 0 Å². The summed E-state index contributed by atoms with van der Waals surface area (Å²) in [5, 5.41) is 3.67. The van der Waals surface area contributed by atoms with Gasteiger partial charge < -0.3 is 10.2 Å². The molecule has 0 aromatic heterocycles. The molecule has 1 atom stereocenters. The molecule has 4 nitrogen and oxygen atoms in total. The number of nitrogens with zero attached hydrogens (tertiary/aromatic N) is 1. The highest BCUT2D eigenvalue weighted by Gasteiger charge is 2.30. The smallest absolute Gasteiger partial charge is 0.242 e. The SMILES string of the molecule is CC[C@@H](C(=O)NCC(C)C)N(Cc1ccc(Cl)cc1)C(=O)CC(c1ccccc1)c1ccccc1. The standard InChI is InChI=1S/C30H35ClN2O2/c1-4-28(30(35)32-20-22(2)3)33(21-23-15-17-26(31)18-16-23)29(34)19-27(24-11-7-5-8-12-24)25-13-9-6-10-14-25/h5-18,22,27-28H,4,19-21H2,1-3H3,(H,32,35)/t28-/m0/s1. The van der Waals surface area contributed by atoms with Crippen molar-refractivity contribution < 1.29 is 9.59 Å². The second-order valence-electron chi connectivity index (χ2n) is 9.29. The Morgan fingerprint density at radius 1 is 0.857 bits per heavy atom. The van der Waals surface area contributed by atoms with Crippen LogP contribution >= 0.6 is 11.6 Å². The monoisotopic (exact) mass is 490 g/mol. The number of benzene rings is 3. The molecule has 0 fully saturated rings. The highest BCUT2D eigenvalue weighted by molar-refractivity contribution is 6.30. The molecule has 0 bridgehead atoms. The molecule has 2 amide bonds. The zero-order valence-corrected chi connectivity index (χ0v) is 21.5. The van der Waals surface area contributed by atoms with E-state index in [-0.39, 0.29) is 24.2 Å². The maximum Gasteiger partial charge on any atom is 0.242 e. The summed E-state index contributed by atoms with van der Waals surface area (Å²) in [5.74, 6) is 0.0648. The average Bonchev–Trinajstić information content (AvgIpc) is 2.88. The van der Waals surface area contributed by atoms with Gasteiger partial charge in [0, 0.05) is 30.5 Å². The molecule has 0 saturated carbocycles. The second-order valence-corrected chi connectivity index (χ2v) is 9.73. The first kappa shape index (κ1) is 26.5. The third-order valence-electron chi connectivity index (χ3n) is 6.12. The van der Waals surface area contributed by atoms with Crippen molar-refractivity contribution in [2.45, 2.75) is 52.1 Å². The molecule has 0 unspecified atom stereocenters. The fraction of sp³-hybridized carbons (Fsp3) is 0.333. The van der Waals surface area contributed by atoms with Gasteiger partial charge in [0.15, 0.2) is 0 Å². The molecule has 3 aromatic carbocycles. The number of carbonyl (C=O) groups is 2. The predicted molar refractivity (Wildman–Crippen MR) is 143 cm³/mol. The van der Waals surface area contributed by atoms with Crippen LogP contribution < -0.4 is 5.32 Å². The van der Waals surface area contributed by atoms with Crippen molar-refractivity contribution in [2.75, 3.05) is 6.54 Å². The van der Waals surface area contributed by atoms with Crippen LogP contribution in [0.1, 0.15) is 56.2 Å². The molecule has 0 spiro atoms. The highest BCUT2D eigenvalue weighted by Crippen LogP contribution is 2.29. The van der Waals surface area contributed by atoms with Gasteiger partial charge in [-0.2, -0.15) is 0 Å². The quantitative estimate of drug-likeness (QED) is 0.336. The van der Waals surface area contributed by atoms with Crippen LogP contribution in [0.15, 0.2) is 84.9 Å². The van der Waals surface area contributed by atoms with Gasteiger partial charge in [-0.3, -0.25) is 9.59 Å². The molecule has 5 heteroatoms. The Kier molecular flexibility index (Phi) is 9.92. The van der Waals surface area contributed by atoms with Crippen LogP contribution in [0.2, 0.25) is 5.02 Å². The Bertz CT molecular complexity index is 1030. The van der Waals surface area contributed by atoms with Crippen LogP contribution in [0.4, 0.5) is 0 Å². The Morgan fingerprint density at radius 3 is 1.89 bits per heavy atom. The van der Waals surface area contributed by atoms with Gasteiger partial charge in [-0.25, -0.2) is 0 Å². The lowest BCUT2D eigenvalue weighted by atomic mass is 9.88. The molecule has 0 heterocycles. The Morgan fingerprint density at radius 2 is 1.40 bits per heavy atom.